The van der Waals surface area contributed by atoms with Gasteiger partial charge in [-0.05, 0) is 82.6 Å². The molecule has 3 fully saturated rings. The molecule has 3 aliphatic rings. The second-order valence-electron chi connectivity index (χ2n) is 15.9. The van der Waals surface area contributed by atoms with Crippen LogP contribution < -0.4 is 9.64 Å². The molecular weight excluding hydrogens is 594 g/mol. The summed E-state index contributed by atoms with van der Waals surface area (Å²) in [5, 5.41) is 10.7. The van der Waals surface area contributed by atoms with E-state index >= 15 is 4.79 Å². The molecule has 0 radical (unpaired) electrons. The van der Waals surface area contributed by atoms with E-state index in [1.54, 1.807) is 22.0 Å². The van der Waals surface area contributed by atoms with Gasteiger partial charge in [0.15, 0.2) is 0 Å². The van der Waals surface area contributed by atoms with Crippen molar-refractivity contribution in [2.45, 2.75) is 110 Å². The van der Waals surface area contributed by atoms with Gasteiger partial charge in [0.25, 0.3) is 0 Å². The fourth-order valence-corrected chi connectivity index (χ4v) is 8.81. The molecule has 6 atom stereocenters. The SMILES string of the molecule is C=CCN(C(=O)[C@@H]1[C@H]2C(=O)N([C@@H](CO)C(C)C)C(C(=O)N(CC=C)C(C)(C)CC(C)(C)C)C23CC[C@@]1(C)O3)c1ccc(OCC)cc1. The van der Waals surface area contributed by atoms with E-state index in [9.17, 15) is 14.7 Å². The Morgan fingerprint density at radius 3 is 2.21 bits per heavy atom. The molecule has 3 heterocycles. The number of rotatable bonds is 14. The maximum atomic E-state index is 15.1. The van der Waals surface area contributed by atoms with Crippen molar-refractivity contribution in [2.75, 3.05) is 31.2 Å². The molecule has 1 spiro atoms. The topological polar surface area (TPSA) is 99.6 Å². The summed E-state index contributed by atoms with van der Waals surface area (Å²) >= 11 is 0. The van der Waals surface area contributed by atoms with Crippen LogP contribution in [0.1, 0.15) is 81.6 Å². The first-order chi connectivity index (χ1) is 21.9. The maximum Gasteiger partial charge on any atom is 0.249 e. The standard InChI is InChI=1S/C38H57N3O6/c1-12-21-39(26-15-17-27(18-16-26)46-14-3)32(43)29-30-33(44)41(28(23-42)25(4)5)31(38(30)20-19-37(29,11)47-38)34(45)40(22-13-2)36(9,10)24-35(6,7)8/h12-13,15-18,25,28-31,42H,1-2,14,19-24H2,3-11H3/t28-,29-,30-,31?,37+,38?/m0/s1. The smallest absolute Gasteiger partial charge is 0.249 e. The number of ether oxygens (including phenoxy) is 2. The molecule has 0 saturated carbocycles. The normalized spacial score (nSPS) is 27.5. The molecule has 0 aliphatic carbocycles. The lowest BCUT2D eigenvalue weighted by Crippen LogP contribution is -2.63. The zero-order valence-corrected chi connectivity index (χ0v) is 30.0. The summed E-state index contributed by atoms with van der Waals surface area (Å²) in [5.41, 5.74) is -2.18. The highest BCUT2D eigenvalue weighted by molar-refractivity contribution is 6.03. The summed E-state index contributed by atoms with van der Waals surface area (Å²) in [6.45, 7) is 26.8. The highest BCUT2D eigenvalue weighted by atomic mass is 16.5. The van der Waals surface area contributed by atoms with E-state index < -0.39 is 40.7 Å². The number of fused-ring (bicyclic) bond motifs is 1. The van der Waals surface area contributed by atoms with E-state index in [0.29, 0.717) is 37.3 Å². The first kappa shape index (κ1) is 36.7. The maximum absolute atomic E-state index is 15.1. The summed E-state index contributed by atoms with van der Waals surface area (Å²) < 4.78 is 12.6. The van der Waals surface area contributed by atoms with Gasteiger partial charge in [-0.15, -0.1) is 13.2 Å². The molecule has 1 aromatic rings. The van der Waals surface area contributed by atoms with Crippen LogP contribution >= 0.6 is 0 Å². The predicted octanol–water partition coefficient (Wildman–Crippen LogP) is 5.62. The monoisotopic (exact) mass is 651 g/mol. The summed E-state index contributed by atoms with van der Waals surface area (Å²) in [6, 6.07) is 5.67. The molecule has 1 N–H and O–H groups in total. The lowest BCUT2D eigenvalue weighted by molar-refractivity contribution is -0.159. The fourth-order valence-electron chi connectivity index (χ4n) is 8.81. The second kappa shape index (κ2) is 13.4. The highest BCUT2D eigenvalue weighted by Crippen LogP contribution is 2.64. The lowest BCUT2D eigenvalue weighted by Gasteiger charge is -2.47. The molecule has 1 aromatic carbocycles. The van der Waals surface area contributed by atoms with Crippen molar-refractivity contribution in [1.82, 2.24) is 9.80 Å². The van der Waals surface area contributed by atoms with Crippen molar-refractivity contribution in [2.24, 2.45) is 23.2 Å². The molecule has 47 heavy (non-hydrogen) atoms. The Bertz CT molecular complexity index is 1350. The van der Waals surface area contributed by atoms with Crippen LogP contribution in [0.3, 0.4) is 0 Å². The summed E-state index contributed by atoms with van der Waals surface area (Å²) in [5.74, 6) is -1.96. The zero-order valence-electron chi connectivity index (χ0n) is 30.0. The van der Waals surface area contributed by atoms with E-state index in [4.69, 9.17) is 9.47 Å². The van der Waals surface area contributed by atoms with Crippen LogP contribution in [0.25, 0.3) is 0 Å². The van der Waals surface area contributed by atoms with E-state index in [1.807, 2.05) is 70.7 Å². The van der Waals surface area contributed by atoms with Crippen LogP contribution in [0.5, 0.6) is 5.75 Å². The fraction of sp³-hybridized carbons (Fsp3) is 0.658. The lowest BCUT2D eigenvalue weighted by atomic mass is 9.65. The number of hydrogen-bond acceptors (Lipinski definition) is 6. The van der Waals surface area contributed by atoms with Crippen molar-refractivity contribution in [3.8, 4) is 5.75 Å². The third-order valence-electron chi connectivity index (χ3n) is 10.3. The minimum atomic E-state index is -1.22. The highest BCUT2D eigenvalue weighted by Gasteiger charge is 2.79. The number of amides is 3. The molecule has 3 amide bonds. The number of hydrogen-bond donors (Lipinski definition) is 1. The number of aliphatic hydroxyl groups excluding tert-OH is 1. The molecule has 0 aromatic heterocycles. The second-order valence-corrected chi connectivity index (χ2v) is 15.9. The van der Waals surface area contributed by atoms with Gasteiger partial charge in [0.05, 0.1) is 36.7 Å². The Hall–Kier alpha value is -3.17. The third-order valence-corrected chi connectivity index (χ3v) is 10.3. The number of nitrogens with zero attached hydrogens (tertiary/aromatic N) is 3. The number of carbonyl (C=O) groups is 3. The Labute approximate surface area is 281 Å². The van der Waals surface area contributed by atoms with Gasteiger partial charge in [-0.2, -0.15) is 0 Å². The van der Waals surface area contributed by atoms with Crippen molar-refractivity contribution >= 4 is 23.4 Å². The van der Waals surface area contributed by atoms with Crippen LogP contribution in [0, 0.1) is 23.2 Å². The van der Waals surface area contributed by atoms with Gasteiger partial charge in [0, 0.05) is 24.3 Å². The summed E-state index contributed by atoms with van der Waals surface area (Å²) in [6.07, 6.45) is 5.08. The van der Waals surface area contributed by atoms with E-state index in [1.165, 1.54) is 0 Å². The number of likely N-dealkylation sites (tertiary alicyclic amines) is 1. The average Bonchev–Trinajstić information content (AvgIpc) is 3.54. The van der Waals surface area contributed by atoms with E-state index in [-0.39, 0.29) is 48.8 Å². The average molecular weight is 652 g/mol. The summed E-state index contributed by atoms with van der Waals surface area (Å²) in [4.78, 5) is 49.8. The summed E-state index contributed by atoms with van der Waals surface area (Å²) in [7, 11) is 0. The van der Waals surface area contributed by atoms with Gasteiger partial charge in [-0.3, -0.25) is 14.4 Å². The Balaban J connectivity index is 1.85. The number of anilines is 1. The molecule has 260 valence electrons. The van der Waals surface area contributed by atoms with E-state index in [2.05, 4.69) is 33.9 Å². The largest absolute Gasteiger partial charge is 0.494 e. The van der Waals surface area contributed by atoms with Crippen molar-refractivity contribution in [3.63, 3.8) is 0 Å². The Morgan fingerprint density at radius 1 is 1.09 bits per heavy atom. The van der Waals surface area contributed by atoms with Gasteiger partial charge >= 0.3 is 0 Å². The number of carbonyl (C=O) groups excluding carboxylic acids is 3. The quantitative estimate of drug-likeness (QED) is 0.263. The molecule has 2 bridgehead atoms. The zero-order chi connectivity index (χ0) is 35.1. The molecule has 9 heteroatoms. The van der Waals surface area contributed by atoms with Crippen molar-refractivity contribution in [1.29, 1.82) is 0 Å². The first-order valence-corrected chi connectivity index (χ1v) is 17.1. The van der Waals surface area contributed by atoms with Crippen LogP contribution in [0.15, 0.2) is 49.6 Å². The third kappa shape index (κ3) is 6.50. The molecule has 2 unspecified atom stereocenters. The minimum absolute atomic E-state index is 0.0798. The van der Waals surface area contributed by atoms with Gasteiger partial charge in [0.1, 0.15) is 17.4 Å². The van der Waals surface area contributed by atoms with Crippen LogP contribution in [-0.4, -0.2) is 87.8 Å². The number of aliphatic hydroxyl groups is 1. The predicted molar refractivity (Wildman–Crippen MR) is 185 cm³/mol. The van der Waals surface area contributed by atoms with Gasteiger partial charge in [0.2, 0.25) is 17.7 Å². The molecular formula is C38H57N3O6. The molecule has 4 rings (SSSR count). The Morgan fingerprint density at radius 2 is 1.70 bits per heavy atom. The van der Waals surface area contributed by atoms with Gasteiger partial charge in [-0.1, -0.05) is 46.8 Å². The first-order valence-electron chi connectivity index (χ1n) is 17.1. The molecule has 9 nitrogen and oxygen atoms in total. The van der Waals surface area contributed by atoms with Gasteiger partial charge in [-0.25, -0.2) is 0 Å². The van der Waals surface area contributed by atoms with Crippen LogP contribution in [-0.2, 0) is 19.1 Å². The van der Waals surface area contributed by atoms with Crippen molar-refractivity contribution in [3.05, 3.63) is 49.6 Å². The van der Waals surface area contributed by atoms with E-state index in [0.717, 1.165) is 0 Å². The minimum Gasteiger partial charge on any atom is -0.494 e. The molecule has 3 saturated heterocycles. The van der Waals surface area contributed by atoms with Gasteiger partial charge < -0.3 is 29.3 Å². The van der Waals surface area contributed by atoms with Crippen LogP contribution in [0.2, 0.25) is 0 Å². The van der Waals surface area contributed by atoms with Crippen LogP contribution in [0.4, 0.5) is 5.69 Å². The molecule has 3 aliphatic heterocycles. The Kier molecular flexibility index (Phi) is 10.4. The number of benzene rings is 1. The van der Waals surface area contributed by atoms with Crippen molar-refractivity contribution < 1.29 is 29.0 Å².